The first kappa shape index (κ1) is 49.3. The molecule has 0 saturated carbocycles. The van der Waals surface area contributed by atoms with Crippen LogP contribution in [0, 0.1) is 12.8 Å². The van der Waals surface area contributed by atoms with Crippen LogP contribution in [0.1, 0.15) is 152 Å². The van der Waals surface area contributed by atoms with Crippen LogP contribution in [0.4, 0.5) is 0 Å². The maximum atomic E-state index is 12.7. The molecule has 0 heterocycles. The van der Waals surface area contributed by atoms with Crippen molar-refractivity contribution in [1.29, 1.82) is 0 Å². The Balaban J connectivity index is -0.000000825. The number of aryl methyl sites for hydroxylation is 1. The average molecular weight is 690 g/mol. The molecule has 0 aliphatic rings. The number of nitrogens with one attached hydrogen (secondary N) is 2. The van der Waals surface area contributed by atoms with Crippen LogP contribution in [-0.2, 0) is 14.3 Å². The van der Waals surface area contributed by atoms with E-state index in [2.05, 4.69) is 56.3 Å². The first-order valence-corrected chi connectivity index (χ1v) is 20.1. The van der Waals surface area contributed by atoms with E-state index in [-0.39, 0.29) is 34.8 Å². The van der Waals surface area contributed by atoms with E-state index >= 15 is 0 Å². The first-order valence-electron chi connectivity index (χ1n) is 17.9. The van der Waals surface area contributed by atoms with Crippen LogP contribution in [0.5, 0.6) is 0 Å². The predicted molar refractivity (Wildman–Crippen MR) is 212 cm³/mol. The molecule has 0 spiro atoms. The van der Waals surface area contributed by atoms with E-state index in [1.165, 1.54) is 18.4 Å². The molecule has 4 N–H and O–H groups in total. The SMILES string of the molecule is C=S(C)(=O)C(C)CC.CC.CC(C)C(N)=O.CCCC.CCCCCNC(=O)c1cc(C)cc(C(=O)NC[C@H](CC)c2ccccc2)c1. The fourth-order valence-electron chi connectivity index (χ4n) is 3.62. The minimum Gasteiger partial charge on any atom is -0.369 e. The lowest BCUT2D eigenvalue weighted by Gasteiger charge is -2.16. The minimum atomic E-state index is -1.75. The molecule has 2 unspecified atom stereocenters. The van der Waals surface area contributed by atoms with Gasteiger partial charge in [0.1, 0.15) is 0 Å². The number of carbonyl (C=O) groups excluding carboxylic acids is 3. The maximum Gasteiger partial charge on any atom is 0.251 e. The van der Waals surface area contributed by atoms with Crippen molar-refractivity contribution < 1.29 is 18.6 Å². The van der Waals surface area contributed by atoms with Gasteiger partial charge in [-0.15, -0.1) is 0 Å². The molecule has 0 aromatic heterocycles. The molecule has 8 heteroatoms. The molecule has 0 radical (unpaired) electrons. The molecular formula is C40H71N3O4S. The summed E-state index contributed by atoms with van der Waals surface area (Å²) < 4.78 is 11.0. The summed E-state index contributed by atoms with van der Waals surface area (Å²) in [5.74, 6) is 3.33. The van der Waals surface area contributed by atoms with Gasteiger partial charge in [0.25, 0.3) is 11.8 Å². The Morgan fingerprint density at radius 3 is 1.62 bits per heavy atom. The normalized spacial score (nSPS) is 12.4. The second-order valence-corrected chi connectivity index (χ2v) is 15.1. The lowest BCUT2D eigenvalue weighted by atomic mass is 9.96. The Labute approximate surface area is 295 Å². The fraction of sp³-hybridized carbons (Fsp3) is 0.600. The van der Waals surface area contributed by atoms with E-state index in [0.717, 1.165) is 37.7 Å². The van der Waals surface area contributed by atoms with Crippen LogP contribution in [0.25, 0.3) is 0 Å². The number of amides is 3. The van der Waals surface area contributed by atoms with E-state index in [9.17, 15) is 18.6 Å². The van der Waals surface area contributed by atoms with Gasteiger partial charge in [-0.1, -0.05) is 125 Å². The van der Waals surface area contributed by atoms with Gasteiger partial charge in [0, 0.05) is 47.6 Å². The van der Waals surface area contributed by atoms with Gasteiger partial charge in [0.05, 0.1) is 0 Å². The molecule has 0 fully saturated rings. The standard InChI is InChI=1S/C24H32N2O2.C6H14OS.C4H9NO.C4H10.C2H6/c1-4-6-10-13-25-23(27)21-14-18(3)15-22(16-21)24(28)26-17-19(5-2)20-11-8-7-9-12-20;1-5-6(2)8(3,4)7;1-3(2)4(5)6;1-3-4-2;1-2/h7-9,11-12,14-16,19H,4-6,10,13,17H2,1-3H3,(H,25,27)(H,26,28);6H,3,5H2,1-2,4H3;3H,1-2H3,(H2,5,6);3-4H2,1-2H3;1-2H3/t19-;;;;/m0..../s1. The summed E-state index contributed by atoms with van der Waals surface area (Å²) >= 11 is 0. The third kappa shape index (κ3) is 25.0. The van der Waals surface area contributed by atoms with Gasteiger partial charge >= 0.3 is 0 Å². The van der Waals surface area contributed by atoms with Crippen LogP contribution < -0.4 is 16.4 Å². The van der Waals surface area contributed by atoms with Crippen molar-refractivity contribution in [3.05, 3.63) is 70.8 Å². The van der Waals surface area contributed by atoms with Gasteiger partial charge in [-0.2, -0.15) is 0 Å². The Hall–Kier alpha value is -3.13. The highest BCUT2D eigenvalue weighted by Crippen LogP contribution is 2.18. The molecule has 0 aliphatic carbocycles. The van der Waals surface area contributed by atoms with Crippen molar-refractivity contribution in [3.63, 3.8) is 0 Å². The first-order chi connectivity index (χ1) is 22.6. The number of nitrogens with two attached hydrogens (primary N) is 1. The van der Waals surface area contributed by atoms with Crippen LogP contribution in [0.3, 0.4) is 0 Å². The van der Waals surface area contributed by atoms with Crippen molar-refractivity contribution in [3.8, 4) is 0 Å². The Morgan fingerprint density at radius 1 is 0.792 bits per heavy atom. The Bertz CT molecular complexity index is 1230. The number of hydrogen-bond donors (Lipinski definition) is 3. The number of carbonyl (C=O) groups is 3. The summed E-state index contributed by atoms with van der Waals surface area (Å²) in [6.45, 7) is 23.3. The molecule has 7 nitrogen and oxygen atoms in total. The zero-order valence-electron chi connectivity index (χ0n) is 32.5. The molecule has 0 aliphatic heterocycles. The summed E-state index contributed by atoms with van der Waals surface area (Å²) in [7, 11) is -1.75. The predicted octanol–water partition coefficient (Wildman–Crippen LogP) is 8.93. The van der Waals surface area contributed by atoms with Crippen LogP contribution in [-0.4, -0.2) is 52.4 Å². The maximum absolute atomic E-state index is 12.7. The summed E-state index contributed by atoms with van der Waals surface area (Å²) in [5.41, 5.74) is 7.99. The highest BCUT2D eigenvalue weighted by molar-refractivity contribution is 8.00. The third-order valence-corrected chi connectivity index (χ3v) is 9.47. The largest absolute Gasteiger partial charge is 0.369 e. The van der Waals surface area contributed by atoms with E-state index in [1.54, 1.807) is 26.2 Å². The molecule has 2 aromatic carbocycles. The van der Waals surface area contributed by atoms with Gasteiger partial charge in [0.2, 0.25) is 5.91 Å². The second-order valence-electron chi connectivity index (χ2n) is 12.1. The molecule has 3 amide bonds. The Kier molecular flexibility index (Phi) is 30.8. The van der Waals surface area contributed by atoms with Crippen molar-refractivity contribution in [2.24, 2.45) is 11.7 Å². The number of unbranched alkanes of at least 4 members (excludes halogenated alkanes) is 3. The minimum absolute atomic E-state index is 0.00926. The van der Waals surface area contributed by atoms with Gasteiger partial charge in [0.15, 0.2) is 0 Å². The van der Waals surface area contributed by atoms with Crippen molar-refractivity contribution in [2.45, 2.75) is 132 Å². The smallest absolute Gasteiger partial charge is 0.251 e. The van der Waals surface area contributed by atoms with Crippen LogP contribution in [0.2, 0.25) is 0 Å². The monoisotopic (exact) mass is 690 g/mol. The molecule has 2 rings (SSSR count). The number of hydrogen-bond acceptors (Lipinski definition) is 4. The number of rotatable bonds is 14. The fourth-order valence-corrected chi connectivity index (χ4v) is 4.32. The molecule has 3 atom stereocenters. The Morgan fingerprint density at radius 2 is 1.27 bits per heavy atom. The topological polar surface area (TPSA) is 118 Å². The number of primary amides is 1. The molecule has 0 saturated heterocycles. The van der Waals surface area contributed by atoms with Gasteiger partial charge in [-0.05, 0) is 70.9 Å². The van der Waals surface area contributed by atoms with E-state index < -0.39 is 9.52 Å². The summed E-state index contributed by atoms with van der Waals surface area (Å²) in [6, 6.07) is 15.5. The van der Waals surface area contributed by atoms with E-state index in [4.69, 9.17) is 5.73 Å². The van der Waals surface area contributed by atoms with Crippen molar-refractivity contribution in [2.75, 3.05) is 19.3 Å². The van der Waals surface area contributed by atoms with E-state index in [0.29, 0.717) is 24.2 Å². The quantitative estimate of drug-likeness (QED) is 0.136. The highest BCUT2D eigenvalue weighted by atomic mass is 32.2. The van der Waals surface area contributed by atoms with Crippen LogP contribution >= 0.6 is 0 Å². The van der Waals surface area contributed by atoms with Gasteiger partial charge in [-0.25, -0.2) is 0 Å². The summed E-state index contributed by atoms with van der Waals surface area (Å²) in [6.07, 6.45) is 9.44. The van der Waals surface area contributed by atoms with Crippen LogP contribution in [0.15, 0.2) is 48.5 Å². The zero-order chi connectivity index (χ0) is 37.7. The molecule has 276 valence electrons. The molecule has 48 heavy (non-hydrogen) atoms. The van der Waals surface area contributed by atoms with E-state index in [1.807, 2.05) is 65.0 Å². The third-order valence-electron chi connectivity index (χ3n) is 7.44. The highest BCUT2D eigenvalue weighted by Gasteiger charge is 2.15. The summed E-state index contributed by atoms with van der Waals surface area (Å²) in [4.78, 5) is 35.0. The summed E-state index contributed by atoms with van der Waals surface area (Å²) in [5, 5.41) is 6.23. The zero-order valence-corrected chi connectivity index (χ0v) is 33.4. The van der Waals surface area contributed by atoms with Gasteiger partial charge < -0.3 is 16.4 Å². The average Bonchev–Trinajstić information content (AvgIpc) is 3.07. The van der Waals surface area contributed by atoms with Crippen molar-refractivity contribution >= 4 is 33.1 Å². The van der Waals surface area contributed by atoms with Gasteiger partial charge in [-0.3, -0.25) is 18.6 Å². The lowest BCUT2D eigenvalue weighted by Crippen LogP contribution is -2.29. The second kappa shape index (κ2) is 30.0. The molecule has 0 bridgehead atoms. The molecule has 2 aromatic rings. The molecular weight excluding hydrogens is 619 g/mol. The lowest BCUT2D eigenvalue weighted by molar-refractivity contribution is -0.120. The van der Waals surface area contributed by atoms with Crippen molar-refractivity contribution in [1.82, 2.24) is 10.6 Å². The number of benzene rings is 2.